The average Bonchev–Trinajstić information content (AvgIpc) is 2.27. The van der Waals surface area contributed by atoms with Crippen molar-refractivity contribution in [2.24, 2.45) is 0 Å². The molecule has 1 N–H and O–H groups in total. The maximum absolute atomic E-state index is 13.3. The van der Waals surface area contributed by atoms with Crippen LogP contribution in [0.4, 0.5) is 8.78 Å². The molecule has 1 fully saturated rings. The van der Waals surface area contributed by atoms with Crippen LogP contribution in [-0.4, -0.2) is 6.54 Å². The molecule has 82 valence electrons. The van der Waals surface area contributed by atoms with Crippen molar-refractivity contribution in [1.82, 2.24) is 5.32 Å². The molecule has 0 radical (unpaired) electrons. The number of piperidine rings is 1. The zero-order chi connectivity index (χ0) is 10.8. The van der Waals surface area contributed by atoms with Gasteiger partial charge in [-0.1, -0.05) is 12.5 Å². The zero-order valence-electron chi connectivity index (χ0n) is 8.19. The van der Waals surface area contributed by atoms with Crippen LogP contribution in [0.2, 0.25) is 0 Å². The normalized spacial score (nSPS) is 21.7. The lowest BCUT2D eigenvalue weighted by Crippen LogP contribution is -2.27. The predicted octanol–water partition coefficient (Wildman–Crippen LogP) is 3.54. The maximum Gasteiger partial charge on any atom is 0.173 e. The summed E-state index contributed by atoms with van der Waals surface area (Å²) in [4.78, 5) is 0. The highest BCUT2D eigenvalue weighted by Gasteiger charge is 2.20. The summed E-state index contributed by atoms with van der Waals surface area (Å²) >= 11 is 3.11. The summed E-state index contributed by atoms with van der Waals surface area (Å²) in [6.07, 6.45) is 3.25. The molecule has 1 aliphatic rings. The molecule has 1 nitrogen and oxygen atoms in total. The van der Waals surface area contributed by atoms with Crippen molar-refractivity contribution in [3.63, 3.8) is 0 Å². The molecule has 2 rings (SSSR count). The second kappa shape index (κ2) is 4.58. The van der Waals surface area contributed by atoms with Gasteiger partial charge in [0.15, 0.2) is 11.6 Å². The van der Waals surface area contributed by atoms with Gasteiger partial charge in [-0.05, 0) is 46.9 Å². The number of hydrogen-bond donors (Lipinski definition) is 1. The molecule has 4 heteroatoms. The lowest BCUT2D eigenvalue weighted by molar-refractivity contribution is 0.407. The van der Waals surface area contributed by atoms with Crippen LogP contribution in [0.5, 0.6) is 0 Å². The molecular weight excluding hydrogens is 264 g/mol. The van der Waals surface area contributed by atoms with E-state index in [-0.39, 0.29) is 10.5 Å². The monoisotopic (exact) mass is 275 g/mol. The molecule has 15 heavy (non-hydrogen) atoms. The van der Waals surface area contributed by atoms with Gasteiger partial charge in [-0.3, -0.25) is 0 Å². The summed E-state index contributed by atoms with van der Waals surface area (Å²) < 4.78 is 26.4. The summed E-state index contributed by atoms with van der Waals surface area (Å²) in [5.41, 5.74) is 0.814. The second-order valence-electron chi connectivity index (χ2n) is 3.77. The third kappa shape index (κ3) is 2.21. The van der Waals surface area contributed by atoms with Crippen LogP contribution in [0.25, 0.3) is 0 Å². The van der Waals surface area contributed by atoms with Gasteiger partial charge in [-0.25, -0.2) is 8.78 Å². The number of nitrogens with one attached hydrogen (secondary N) is 1. The van der Waals surface area contributed by atoms with Crippen molar-refractivity contribution >= 4 is 15.9 Å². The van der Waals surface area contributed by atoms with Crippen LogP contribution in [-0.2, 0) is 0 Å². The average molecular weight is 276 g/mol. The van der Waals surface area contributed by atoms with Crippen LogP contribution < -0.4 is 5.32 Å². The Morgan fingerprint density at radius 1 is 1.27 bits per heavy atom. The molecule has 0 bridgehead atoms. The van der Waals surface area contributed by atoms with Crippen molar-refractivity contribution in [1.29, 1.82) is 0 Å². The molecule has 1 aromatic carbocycles. The van der Waals surface area contributed by atoms with Gasteiger partial charge >= 0.3 is 0 Å². The minimum atomic E-state index is -0.804. The first-order chi connectivity index (χ1) is 7.20. The number of halogens is 3. The van der Waals surface area contributed by atoms with Crippen LogP contribution in [0.15, 0.2) is 16.6 Å². The smallest absolute Gasteiger partial charge is 0.173 e. The highest BCUT2D eigenvalue weighted by atomic mass is 79.9. The predicted molar refractivity (Wildman–Crippen MR) is 58.7 cm³/mol. The van der Waals surface area contributed by atoms with E-state index in [2.05, 4.69) is 21.2 Å². The molecule has 0 amide bonds. The summed E-state index contributed by atoms with van der Waals surface area (Å²) in [5, 5.41) is 3.30. The molecule has 0 spiro atoms. The SMILES string of the molecule is Fc1ccc(C2CCCCN2)c(Br)c1F. The van der Waals surface area contributed by atoms with E-state index in [1.165, 1.54) is 6.07 Å². The number of rotatable bonds is 1. The topological polar surface area (TPSA) is 12.0 Å². The Labute approximate surface area is 96.0 Å². The molecule has 0 aliphatic carbocycles. The molecule has 1 aliphatic heterocycles. The second-order valence-corrected chi connectivity index (χ2v) is 4.56. The first-order valence-corrected chi connectivity index (χ1v) is 5.86. The largest absolute Gasteiger partial charge is 0.310 e. The Morgan fingerprint density at radius 2 is 2.07 bits per heavy atom. The first kappa shape index (κ1) is 11.0. The van der Waals surface area contributed by atoms with Crippen LogP contribution in [0.3, 0.4) is 0 Å². The minimum Gasteiger partial charge on any atom is -0.310 e. The van der Waals surface area contributed by atoms with E-state index in [9.17, 15) is 8.78 Å². The molecule has 1 atom stereocenters. The van der Waals surface area contributed by atoms with Gasteiger partial charge < -0.3 is 5.32 Å². The maximum atomic E-state index is 13.3. The number of hydrogen-bond acceptors (Lipinski definition) is 1. The number of benzene rings is 1. The fraction of sp³-hybridized carbons (Fsp3) is 0.455. The third-order valence-electron chi connectivity index (χ3n) is 2.75. The van der Waals surface area contributed by atoms with E-state index in [4.69, 9.17) is 0 Å². The van der Waals surface area contributed by atoms with Crippen molar-refractivity contribution in [3.05, 3.63) is 33.8 Å². The molecule has 1 heterocycles. The Hall–Kier alpha value is -0.480. The Balaban J connectivity index is 2.31. The standard InChI is InChI=1S/C11H12BrF2N/c12-10-7(4-5-8(13)11(10)14)9-3-1-2-6-15-9/h4-5,9,15H,1-3,6H2. The molecular formula is C11H12BrF2N. The fourth-order valence-electron chi connectivity index (χ4n) is 1.93. The summed E-state index contributed by atoms with van der Waals surface area (Å²) in [6.45, 7) is 0.941. The van der Waals surface area contributed by atoms with Gasteiger partial charge in [-0.2, -0.15) is 0 Å². The fourth-order valence-corrected chi connectivity index (χ4v) is 2.53. The van der Waals surface area contributed by atoms with E-state index in [0.29, 0.717) is 0 Å². The van der Waals surface area contributed by atoms with Gasteiger partial charge in [0.05, 0.1) is 4.47 Å². The summed E-state index contributed by atoms with van der Waals surface area (Å²) in [7, 11) is 0. The lowest BCUT2D eigenvalue weighted by atomic mass is 9.97. The molecule has 1 unspecified atom stereocenters. The van der Waals surface area contributed by atoms with Crippen LogP contribution in [0.1, 0.15) is 30.9 Å². The van der Waals surface area contributed by atoms with Gasteiger partial charge in [0.1, 0.15) is 0 Å². The zero-order valence-corrected chi connectivity index (χ0v) is 9.78. The highest BCUT2D eigenvalue weighted by Crippen LogP contribution is 2.31. The van der Waals surface area contributed by atoms with Crippen LogP contribution in [0, 0.1) is 11.6 Å². The van der Waals surface area contributed by atoms with Gasteiger partial charge in [-0.15, -0.1) is 0 Å². The van der Waals surface area contributed by atoms with E-state index in [0.717, 1.165) is 31.4 Å². The Bertz CT molecular complexity index is 362. The summed E-state index contributed by atoms with van der Waals surface area (Å²) in [6, 6.07) is 2.97. The summed E-state index contributed by atoms with van der Waals surface area (Å²) in [5.74, 6) is -1.60. The van der Waals surface area contributed by atoms with Gasteiger partial charge in [0, 0.05) is 6.04 Å². The van der Waals surface area contributed by atoms with E-state index >= 15 is 0 Å². The molecule has 1 saturated heterocycles. The highest BCUT2D eigenvalue weighted by molar-refractivity contribution is 9.10. The van der Waals surface area contributed by atoms with Gasteiger partial charge in [0.2, 0.25) is 0 Å². The van der Waals surface area contributed by atoms with Crippen LogP contribution >= 0.6 is 15.9 Å². The van der Waals surface area contributed by atoms with Crippen molar-refractivity contribution < 1.29 is 8.78 Å². The van der Waals surface area contributed by atoms with Crippen molar-refractivity contribution in [2.45, 2.75) is 25.3 Å². The van der Waals surface area contributed by atoms with E-state index < -0.39 is 11.6 Å². The lowest BCUT2D eigenvalue weighted by Gasteiger charge is -2.24. The first-order valence-electron chi connectivity index (χ1n) is 5.07. The van der Waals surface area contributed by atoms with Crippen molar-refractivity contribution in [2.75, 3.05) is 6.54 Å². The molecule has 0 aromatic heterocycles. The Kier molecular flexibility index (Phi) is 3.36. The van der Waals surface area contributed by atoms with Crippen molar-refractivity contribution in [3.8, 4) is 0 Å². The molecule has 0 saturated carbocycles. The molecule has 1 aromatic rings. The minimum absolute atomic E-state index is 0.142. The Morgan fingerprint density at radius 3 is 2.73 bits per heavy atom. The third-order valence-corrected chi connectivity index (χ3v) is 3.56. The van der Waals surface area contributed by atoms with E-state index in [1.807, 2.05) is 0 Å². The van der Waals surface area contributed by atoms with Gasteiger partial charge in [0.25, 0.3) is 0 Å². The van der Waals surface area contributed by atoms with E-state index in [1.54, 1.807) is 6.07 Å². The quantitative estimate of drug-likeness (QED) is 0.773.